The average Bonchev–Trinajstić information content (AvgIpc) is 2.98. The molecule has 0 aliphatic rings. The fourth-order valence-electron chi connectivity index (χ4n) is 2.42. The minimum absolute atomic E-state index is 0.118. The average molecular weight is 306 g/mol. The molecule has 3 rings (SSSR count). The Labute approximate surface area is 134 Å². The molecule has 1 amide bonds. The van der Waals surface area contributed by atoms with E-state index in [2.05, 4.69) is 15.3 Å². The van der Waals surface area contributed by atoms with Gasteiger partial charge in [-0.3, -0.25) is 9.78 Å². The van der Waals surface area contributed by atoms with Crippen molar-refractivity contribution in [1.29, 1.82) is 0 Å². The lowest BCUT2D eigenvalue weighted by Gasteiger charge is -2.03. The van der Waals surface area contributed by atoms with Crippen molar-refractivity contribution in [3.8, 4) is 0 Å². The number of nitrogens with zero attached hydrogens (tertiary/aromatic N) is 3. The van der Waals surface area contributed by atoms with Crippen molar-refractivity contribution in [1.82, 2.24) is 19.9 Å². The first-order valence-corrected chi connectivity index (χ1v) is 7.50. The number of para-hydroxylation sites is 1. The molecule has 5 nitrogen and oxygen atoms in total. The summed E-state index contributed by atoms with van der Waals surface area (Å²) in [5, 5.41) is 3.93. The topological polar surface area (TPSA) is 59.8 Å². The zero-order valence-electron chi connectivity index (χ0n) is 12.9. The van der Waals surface area contributed by atoms with E-state index in [0.717, 1.165) is 22.3 Å². The van der Waals surface area contributed by atoms with Gasteiger partial charge in [0.1, 0.15) is 5.82 Å². The number of aromatic nitrogens is 3. The molecule has 0 saturated carbocycles. The molecule has 2 heterocycles. The van der Waals surface area contributed by atoms with Gasteiger partial charge in [-0.25, -0.2) is 4.98 Å². The zero-order valence-corrected chi connectivity index (χ0v) is 12.9. The molecule has 0 aliphatic carbocycles. The number of amides is 1. The van der Waals surface area contributed by atoms with Crippen LogP contribution < -0.4 is 5.32 Å². The molecule has 1 N–H and O–H groups in total. The molecular weight excluding hydrogens is 288 g/mol. The van der Waals surface area contributed by atoms with Crippen molar-refractivity contribution in [2.75, 3.05) is 6.54 Å². The molecule has 116 valence electrons. The van der Waals surface area contributed by atoms with Crippen molar-refractivity contribution >= 4 is 22.9 Å². The van der Waals surface area contributed by atoms with Crippen LogP contribution >= 0.6 is 0 Å². The quantitative estimate of drug-likeness (QED) is 0.736. The number of carbonyl (C=O) groups is 1. The van der Waals surface area contributed by atoms with Gasteiger partial charge in [-0.2, -0.15) is 0 Å². The number of aryl methyl sites for hydroxylation is 1. The SMILES string of the molecule is Cn1ccnc1CCNC(=O)C=Cc1cccc2cccnc12. The first-order valence-electron chi connectivity index (χ1n) is 7.50. The molecular formula is C18H18N4O. The standard InChI is InChI=1S/C18H18N4O/c1-22-13-12-19-16(22)9-11-20-17(23)8-7-15-5-2-4-14-6-3-10-21-18(14)15/h2-8,10,12-13H,9,11H2,1H3,(H,20,23). The van der Waals surface area contributed by atoms with Crippen LogP contribution in [0.15, 0.2) is 55.0 Å². The minimum Gasteiger partial charge on any atom is -0.352 e. The smallest absolute Gasteiger partial charge is 0.244 e. The number of hydrogen-bond acceptors (Lipinski definition) is 3. The largest absolute Gasteiger partial charge is 0.352 e. The van der Waals surface area contributed by atoms with E-state index in [4.69, 9.17) is 0 Å². The van der Waals surface area contributed by atoms with Gasteiger partial charge in [0.05, 0.1) is 5.52 Å². The van der Waals surface area contributed by atoms with Crippen LogP contribution in [0.1, 0.15) is 11.4 Å². The lowest BCUT2D eigenvalue weighted by Crippen LogP contribution is -2.24. The monoisotopic (exact) mass is 306 g/mol. The van der Waals surface area contributed by atoms with Crippen molar-refractivity contribution in [3.63, 3.8) is 0 Å². The van der Waals surface area contributed by atoms with E-state index in [1.807, 2.05) is 48.1 Å². The lowest BCUT2D eigenvalue weighted by molar-refractivity contribution is -0.116. The van der Waals surface area contributed by atoms with Crippen molar-refractivity contribution in [2.45, 2.75) is 6.42 Å². The predicted octanol–water partition coefficient (Wildman–Crippen LogP) is 2.34. The third-order valence-electron chi connectivity index (χ3n) is 3.65. The van der Waals surface area contributed by atoms with Crippen LogP contribution in [0, 0.1) is 0 Å². The summed E-state index contributed by atoms with van der Waals surface area (Å²) in [5.74, 6) is 0.833. The predicted molar refractivity (Wildman–Crippen MR) is 90.7 cm³/mol. The van der Waals surface area contributed by atoms with Crippen molar-refractivity contribution in [3.05, 3.63) is 66.4 Å². The van der Waals surface area contributed by atoms with Gasteiger partial charge in [-0.15, -0.1) is 0 Å². The first-order chi connectivity index (χ1) is 11.2. The Kier molecular flexibility index (Phi) is 4.47. The van der Waals surface area contributed by atoms with Gasteiger partial charge in [0.25, 0.3) is 0 Å². The summed E-state index contributed by atoms with van der Waals surface area (Å²) in [7, 11) is 1.94. The second-order valence-electron chi connectivity index (χ2n) is 5.25. The summed E-state index contributed by atoms with van der Waals surface area (Å²) in [6.07, 6.45) is 9.45. The minimum atomic E-state index is -0.118. The Bertz CT molecular complexity index is 846. The molecule has 0 radical (unpaired) electrons. The Morgan fingerprint density at radius 1 is 1.22 bits per heavy atom. The number of rotatable bonds is 5. The van der Waals surface area contributed by atoms with E-state index in [9.17, 15) is 4.79 Å². The molecule has 0 bridgehead atoms. The van der Waals surface area contributed by atoms with E-state index in [-0.39, 0.29) is 5.91 Å². The molecule has 0 spiro atoms. The van der Waals surface area contributed by atoms with Gasteiger partial charge in [0, 0.05) is 55.6 Å². The molecule has 0 saturated heterocycles. The van der Waals surface area contributed by atoms with Crippen LogP contribution in [0.2, 0.25) is 0 Å². The molecule has 0 unspecified atom stereocenters. The molecule has 0 fully saturated rings. The Hall–Kier alpha value is -2.95. The van der Waals surface area contributed by atoms with Crippen LogP contribution in [-0.2, 0) is 18.3 Å². The third-order valence-corrected chi connectivity index (χ3v) is 3.65. The number of hydrogen-bond donors (Lipinski definition) is 1. The summed E-state index contributed by atoms with van der Waals surface area (Å²) < 4.78 is 1.95. The molecule has 2 aromatic heterocycles. The van der Waals surface area contributed by atoms with E-state index in [1.54, 1.807) is 24.5 Å². The maximum atomic E-state index is 11.9. The van der Waals surface area contributed by atoms with Crippen molar-refractivity contribution in [2.24, 2.45) is 7.05 Å². The van der Waals surface area contributed by atoms with Crippen LogP contribution in [0.5, 0.6) is 0 Å². The summed E-state index contributed by atoms with van der Waals surface area (Å²) in [6.45, 7) is 0.557. The second-order valence-corrected chi connectivity index (χ2v) is 5.25. The zero-order chi connectivity index (χ0) is 16.1. The normalized spacial score (nSPS) is 11.2. The first kappa shape index (κ1) is 15.0. The Balaban J connectivity index is 1.60. The van der Waals surface area contributed by atoms with Gasteiger partial charge < -0.3 is 9.88 Å². The summed E-state index contributed by atoms with van der Waals surface area (Å²) in [4.78, 5) is 20.5. The number of fused-ring (bicyclic) bond motifs is 1. The molecule has 3 aromatic rings. The molecule has 1 aromatic carbocycles. The number of imidazole rings is 1. The van der Waals surface area contributed by atoms with Gasteiger partial charge >= 0.3 is 0 Å². The number of nitrogens with one attached hydrogen (secondary N) is 1. The maximum absolute atomic E-state index is 11.9. The van der Waals surface area contributed by atoms with Gasteiger partial charge in [0.2, 0.25) is 5.91 Å². The molecule has 23 heavy (non-hydrogen) atoms. The number of carbonyl (C=O) groups excluding carboxylic acids is 1. The summed E-state index contributed by atoms with van der Waals surface area (Å²) >= 11 is 0. The van der Waals surface area contributed by atoms with Crippen LogP contribution in [0.25, 0.3) is 17.0 Å². The van der Waals surface area contributed by atoms with Gasteiger partial charge in [0.15, 0.2) is 0 Å². The summed E-state index contributed by atoms with van der Waals surface area (Å²) in [5.41, 5.74) is 1.83. The van der Waals surface area contributed by atoms with E-state index < -0.39 is 0 Å². The Morgan fingerprint density at radius 3 is 2.91 bits per heavy atom. The number of pyridine rings is 1. The Morgan fingerprint density at radius 2 is 2.09 bits per heavy atom. The highest BCUT2D eigenvalue weighted by Crippen LogP contribution is 2.16. The van der Waals surface area contributed by atoms with Gasteiger partial charge in [-0.1, -0.05) is 24.3 Å². The van der Waals surface area contributed by atoms with E-state index in [1.165, 1.54) is 0 Å². The highest BCUT2D eigenvalue weighted by molar-refractivity contribution is 5.95. The van der Waals surface area contributed by atoms with Crippen LogP contribution in [-0.4, -0.2) is 27.0 Å². The third kappa shape index (κ3) is 3.63. The molecule has 5 heteroatoms. The van der Waals surface area contributed by atoms with Crippen LogP contribution in [0.4, 0.5) is 0 Å². The van der Waals surface area contributed by atoms with Gasteiger partial charge in [-0.05, 0) is 12.1 Å². The van der Waals surface area contributed by atoms with E-state index >= 15 is 0 Å². The van der Waals surface area contributed by atoms with Crippen LogP contribution in [0.3, 0.4) is 0 Å². The second kappa shape index (κ2) is 6.87. The highest BCUT2D eigenvalue weighted by Gasteiger charge is 2.02. The summed E-state index contributed by atoms with van der Waals surface area (Å²) in [6, 6.07) is 9.83. The fourth-order valence-corrected chi connectivity index (χ4v) is 2.42. The number of benzene rings is 1. The molecule has 0 atom stereocenters. The van der Waals surface area contributed by atoms with E-state index in [0.29, 0.717) is 13.0 Å². The van der Waals surface area contributed by atoms with Crippen molar-refractivity contribution < 1.29 is 4.79 Å². The highest BCUT2D eigenvalue weighted by atomic mass is 16.1. The molecule has 0 aliphatic heterocycles. The fraction of sp³-hybridized carbons (Fsp3) is 0.167. The maximum Gasteiger partial charge on any atom is 0.244 e. The lowest BCUT2D eigenvalue weighted by atomic mass is 10.1.